The minimum atomic E-state index is -0.453. The molecule has 1 amide bonds. The van der Waals surface area contributed by atoms with Gasteiger partial charge in [0.2, 0.25) is 5.91 Å². The lowest BCUT2D eigenvalue weighted by atomic mass is 9.87. The van der Waals surface area contributed by atoms with Crippen molar-refractivity contribution in [2.75, 3.05) is 11.1 Å². The highest BCUT2D eigenvalue weighted by atomic mass is 32.2. The van der Waals surface area contributed by atoms with Gasteiger partial charge in [0.15, 0.2) is 5.13 Å². The molecule has 1 unspecified atom stereocenters. The molecule has 0 spiro atoms. The molecule has 8 nitrogen and oxygen atoms in total. The Bertz CT molecular complexity index is 1250. The number of fused-ring (bicyclic) bond motifs is 1. The number of thioether (sulfide) groups is 1. The molecule has 10 heteroatoms. The van der Waals surface area contributed by atoms with Gasteiger partial charge in [-0.3, -0.25) is 14.9 Å². The van der Waals surface area contributed by atoms with E-state index in [1.165, 1.54) is 35.2 Å². The molecule has 1 aromatic carbocycles. The number of anilines is 1. The van der Waals surface area contributed by atoms with Gasteiger partial charge in [-0.2, -0.15) is 5.26 Å². The minimum Gasteiger partial charge on any atom is -0.302 e. The fourth-order valence-electron chi connectivity index (χ4n) is 3.68. The Morgan fingerprint density at radius 2 is 2.24 bits per heavy atom. The van der Waals surface area contributed by atoms with Crippen molar-refractivity contribution >= 4 is 39.8 Å². The second-order valence-corrected chi connectivity index (χ2v) is 9.84. The van der Waals surface area contributed by atoms with E-state index in [4.69, 9.17) is 4.98 Å². The van der Waals surface area contributed by atoms with Crippen LogP contribution in [-0.4, -0.2) is 26.6 Å². The lowest BCUT2D eigenvalue weighted by Gasteiger charge is -2.21. The number of aryl methyl sites for hydroxylation is 1. The summed E-state index contributed by atoms with van der Waals surface area (Å²) < 4.78 is 0. The number of pyridine rings is 1. The van der Waals surface area contributed by atoms with Gasteiger partial charge in [0, 0.05) is 40.9 Å². The maximum Gasteiger partial charge on any atom is 0.270 e. The topological polar surface area (TPSA) is 122 Å². The Morgan fingerprint density at radius 1 is 1.39 bits per heavy atom. The van der Waals surface area contributed by atoms with Gasteiger partial charge in [0.25, 0.3) is 5.69 Å². The van der Waals surface area contributed by atoms with E-state index in [1.807, 2.05) is 6.07 Å². The number of nitrogens with one attached hydrogen (secondary N) is 1. The highest BCUT2D eigenvalue weighted by molar-refractivity contribution is 7.99. The van der Waals surface area contributed by atoms with Gasteiger partial charge < -0.3 is 5.32 Å². The van der Waals surface area contributed by atoms with Crippen LogP contribution >= 0.6 is 23.1 Å². The number of aromatic nitrogens is 2. The lowest BCUT2D eigenvalue weighted by Crippen LogP contribution is -2.14. The van der Waals surface area contributed by atoms with Crippen LogP contribution in [0.15, 0.2) is 40.7 Å². The third-order valence-corrected chi connectivity index (χ3v) is 7.14. The van der Waals surface area contributed by atoms with Gasteiger partial charge in [-0.05, 0) is 36.8 Å². The predicted octanol–water partition coefficient (Wildman–Crippen LogP) is 5.23. The Labute approximate surface area is 199 Å². The fraction of sp³-hybridized carbons (Fsp3) is 0.304. The van der Waals surface area contributed by atoms with Crippen LogP contribution in [0.1, 0.15) is 36.6 Å². The first-order valence-corrected chi connectivity index (χ1v) is 12.4. The van der Waals surface area contributed by atoms with Gasteiger partial charge in [0.1, 0.15) is 11.1 Å². The number of benzene rings is 1. The van der Waals surface area contributed by atoms with Gasteiger partial charge in [0.05, 0.1) is 16.2 Å². The molecule has 0 radical (unpaired) electrons. The fourth-order valence-corrected chi connectivity index (χ4v) is 5.33. The number of thiazole rings is 1. The summed E-state index contributed by atoms with van der Waals surface area (Å²) in [6, 6.07) is 10.4. The van der Waals surface area contributed by atoms with Crippen molar-refractivity contribution in [1.29, 1.82) is 5.26 Å². The molecule has 0 bridgehead atoms. The molecule has 4 rings (SSSR count). The summed E-state index contributed by atoms with van der Waals surface area (Å²) in [5.74, 6) is 0.912. The summed E-state index contributed by atoms with van der Waals surface area (Å²) in [7, 11) is 0. The number of non-ortho nitro benzene ring substituents is 1. The SMILES string of the molecule is CC1CCc2nc(SCCC(=O)Nc3nc(-c4cccc([N+](=O)[O-])c4)cs3)c(C#N)cc2C1. The van der Waals surface area contributed by atoms with Gasteiger partial charge in [-0.1, -0.05) is 19.1 Å². The van der Waals surface area contributed by atoms with Crippen molar-refractivity contribution in [2.45, 2.75) is 37.6 Å². The number of carbonyl (C=O) groups is 1. The second-order valence-electron chi connectivity index (χ2n) is 7.90. The highest BCUT2D eigenvalue weighted by Crippen LogP contribution is 2.30. The number of nitro benzene ring substituents is 1. The van der Waals surface area contributed by atoms with Crippen molar-refractivity contribution in [1.82, 2.24) is 9.97 Å². The molecule has 1 aliphatic carbocycles. The number of hydrogen-bond donors (Lipinski definition) is 1. The van der Waals surface area contributed by atoms with Crippen LogP contribution in [0.3, 0.4) is 0 Å². The van der Waals surface area contributed by atoms with E-state index in [2.05, 4.69) is 23.3 Å². The van der Waals surface area contributed by atoms with E-state index < -0.39 is 4.92 Å². The summed E-state index contributed by atoms with van der Waals surface area (Å²) in [5.41, 5.74) is 3.97. The van der Waals surface area contributed by atoms with Crippen molar-refractivity contribution in [2.24, 2.45) is 5.92 Å². The number of nitriles is 1. The monoisotopic (exact) mass is 479 g/mol. The predicted molar refractivity (Wildman–Crippen MR) is 128 cm³/mol. The van der Waals surface area contributed by atoms with Gasteiger partial charge in [-0.25, -0.2) is 9.97 Å². The summed E-state index contributed by atoms with van der Waals surface area (Å²) in [4.78, 5) is 32.0. The molecule has 2 heterocycles. The molecular weight excluding hydrogens is 458 g/mol. The molecule has 1 atom stereocenters. The summed E-state index contributed by atoms with van der Waals surface area (Å²) in [6.45, 7) is 2.21. The summed E-state index contributed by atoms with van der Waals surface area (Å²) in [5, 5.41) is 26.1. The molecule has 1 N–H and O–H groups in total. The number of nitro groups is 1. The van der Waals surface area contributed by atoms with Crippen LogP contribution < -0.4 is 5.32 Å². The Morgan fingerprint density at radius 3 is 3.03 bits per heavy atom. The van der Waals surface area contributed by atoms with E-state index in [0.29, 0.717) is 38.6 Å². The average Bonchev–Trinajstić information content (AvgIpc) is 3.27. The zero-order valence-electron chi connectivity index (χ0n) is 17.9. The standard InChI is InChI=1S/C23H21N5O3S2/c1-14-5-6-19-16(9-14)10-17(12-24)22(25-19)32-8-7-21(29)27-23-26-20(13-33-23)15-3-2-4-18(11-15)28(30)31/h2-4,10-11,13-14H,5-9H2,1H3,(H,26,27,29). The molecule has 3 aromatic rings. The summed E-state index contributed by atoms with van der Waals surface area (Å²) >= 11 is 2.68. The number of carbonyl (C=O) groups excluding carboxylic acids is 1. The first kappa shape index (κ1) is 22.9. The van der Waals surface area contributed by atoms with Crippen molar-refractivity contribution in [3.8, 4) is 17.3 Å². The van der Waals surface area contributed by atoms with Crippen molar-refractivity contribution in [3.05, 3.63) is 62.6 Å². The molecule has 0 saturated heterocycles. The third kappa shape index (κ3) is 5.56. The van der Waals surface area contributed by atoms with Crippen LogP contribution in [0.5, 0.6) is 0 Å². The number of hydrogen-bond acceptors (Lipinski definition) is 8. The average molecular weight is 480 g/mol. The maximum atomic E-state index is 12.4. The zero-order chi connectivity index (χ0) is 23.4. The molecule has 0 saturated carbocycles. The van der Waals surface area contributed by atoms with Gasteiger partial charge in [-0.15, -0.1) is 23.1 Å². The van der Waals surface area contributed by atoms with Crippen molar-refractivity contribution < 1.29 is 9.72 Å². The highest BCUT2D eigenvalue weighted by Gasteiger charge is 2.19. The first-order chi connectivity index (χ1) is 15.9. The lowest BCUT2D eigenvalue weighted by molar-refractivity contribution is -0.384. The van der Waals surface area contributed by atoms with Crippen LogP contribution in [0.2, 0.25) is 0 Å². The van der Waals surface area contributed by atoms with E-state index in [-0.39, 0.29) is 18.0 Å². The van der Waals surface area contributed by atoms with Crippen LogP contribution in [0, 0.1) is 27.4 Å². The van der Waals surface area contributed by atoms with E-state index >= 15 is 0 Å². The molecule has 168 valence electrons. The van der Waals surface area contributed by atoms with Gasteiger partial charge >= 0.3 is 0 Å². The molecule has 0 aliphatic heterocycles. The number of nitrogens with zero attached hydrogens (tertiary/aromatic N) is 4. The van der Waals surface area contributed by atoms with E-state index in [9.17, 15) is 20.2 Å². The largest absolute Gasteiger partial charge is 0.302 e. The van der Waals surface area contributed by atoms with Crippen LogP contribution in [0.25, 0.3) is 11.3 Å². The van der Waals surface area contributed by atoms with E-state index in [1.54, 1.807) is 17.5 Å². The van der Waals surface area contributed by atoms with Crippen molar-refractivity contribution in [3.63, 3.8) is 0 Å². The summed E-state index contributed by atoms with van der Waals surface area (Å²) in [6.07, 6.45) is 3.23. The normalized spacial score (nSPS) is 14.8. The molecule has 2 aromatic heterocycles. The molecular formula is C23H21N5O3S2. The minimum absolute atomic E-state index is 0.00912. The smallest absolute Gasteiger partial charge is 0.270 e. The Balaban J connectivity index is 1.34. The maximum absolute atomic E-state index is 12.4. The third-order valence-electron chi connectivity index (χ3n) is 5.39. The number of amides is 1. The first-order valence-electron chi connectivity index (χ1n) is 10.5. The Hall–Kier alpha value is -3.29. The number of rotatable bonds is 7. The zero-order valence-corrected chi connectivity index (χ0v) is 19.5. The van der Waals surface area contributed by atoms with Crippen LogP contribution in [-0.2, 0) is 17.6 Å². The Kier molecular flexibility index (Phi) is 7.01. The second kappa shape index (κ2) is 10.1. The molecule has 1 aliphatic rings. The quantitative estimate of drug-likeness (QED) is 0.280. The molecule has 33 heavy (non-hydrogen) atoms. The molecule has 0 fully saturated rings. The van der Waals surface area contributed by atoms with E-state index in [0.717, 1.165) is 30.5 Å². The van der Waals surface area contributed by atoms with Crippen LogP contribution in [0.4, 0.5) is 10.8 Å².